The van der Waals surface area contributed by atoms with Crippen molar-refractivity contribution in [2.24, 2.45) is 0 Å². The molecule has 4 rings (SSSR count). The van der Waals surface area contributed by atoms with E-state index in [1.807, 2.05) is 0 Å². The maximum atomic E-state index is 12.8. The van der Waals surface area contributed by atoms with Crippen molar-refractivity contribution in [3.05, 3.63) is 58.3 Å². The molecule has 1 fully saturated rings. The summed E-state index contributed by atoms with van der Waals surface area (Å²) in [6, 6.07) is 9.41. The lowest BCUT2D eigenvalue weighted by molar-refractivity contribution is -0.385. The Morgan fingerprint density at radius 1 is 1.30 bits per heavy atom. The van der Waals surface area contributed by atoms with Gasteiger partial charge in [-0.2, -0.15) is 4.98 Å². The van der Waals surface area contributed by atoms with E-state index in [0.717, 1.165) is 0 Å². The molecule has 1 saturated heterocycles. The van der Waals surface area contributed by atoms with Gasteiger partial charge in [0.1, 0.15) is 11.3 Å². The highest BCUT2D eigenvalue weighted by molar-refractivity contribution is 5.70. The smallest absolute Gasteiger partial charge is 0.410 e. The van der Waals surface area contributed by atoms with Crippen LogP contribution in [-0.2, 0) is 4.74 Å². The number of ether oxygens (including phenoxy) is 1. The van der Waals surface area contributed by atoms with E-state index >= 15 is 0 Å². The van der Waals surface area contributed by atoms with Crippen LogP contribution in [0, 0.1) is 10.1 Å². The van der Waals surface area contributed by atoms with E-state index in [1.54, 1.807) is 57.3 Å². The van der Waals surface area contributed by atoms with Crippen molar-refractivity contribution in [3.8, 4) is 23.0 Å². The van der Waals surface area contributed by atoms with Crippen molar-refractivity contribution in [1.29, 1.82) is 0 Å². The van der Waals surface area contributed by atoms with Crippen LogP contribution in [0.25, 0.3) is 23.0 Å². The normalized spacial score (nSPS) is 16.5. The van der Waals surface area contributed by atoms with Crippen molar-refractivity contribution in [2.45, 2.75) is 32.4 Å². The molecular weight excluding hydrogens is 428 g/mol. The number of rotatable bonds is 4. The Bertz CT molecular complexity index is 1160. The van der Waals surface area contributed by atoms with Gasteiger partial charge in [0.2, 0.25) is 5.82 Å². The summed E-state index contributed by atoms with van der Waals surface area (Å²) in [4.78, 5) is 34.3. The fourth-order valence-corrected chi connectivity index (χ4v) is 3.58. The van der Waals surface area contributed by atoms with Crippen molar-refractivity contribution >= 4 is 11.8 Å². The summed E-state index contributed by atoms with van der Waals surface area (Å²) in [5.41, 5.74) is 0.497. The van der Waals surface area contributed by atoms with Gasteiger partial charge in [-0.25, -0.2) is 4.79 Å². The molecule has 172 valence electrons. The summed E-state index contributed by atoms with van der Waals surface area (Å²) in [7, 11) is 0. The molecule has 33 heavy (non-hydrogen) atoms. The molecule has 0 bridgehead atoms. The molecule has 1 N–H and O–H groups in total. The SMILES string of the molecule is CC(C)(C)OC(=O)N1CCNCC1c1ccc(-c2nc(-c3ccccn3)no2)cc1[N+](=O)[O-]. The molecule has 0 spiro atoms. The largest absolute Gasteiger partial charge is 0.444 e. The summed E-state index contributed by atoms with van der Waals surface area (Å²) < 4.78 is 10.8. The highest BCUT2D eigenvalue weighted by atomic mass is 16.6. The Morgan fingerprint density at radius 3 is 2.82 bits per heavy atom. The molecule has 3 aromatic rings. The lowest BCUT2D eigenvalue weighted by Gasteiger charge is -2.37. The van der Waals surface area contributed by atoms with Gasteiger partial charge < -0.3 is 14.6 Å². The topological polar surface area (TPSA) is 137 Å². The first-order valence-corrected chi connectivity index (χ1v) is 10.5. The van der Waals surface area contributed by atoms with E-state index in [1.165, 1.54) is 11.0 Å². The Hall–Kier alpha value is -3.86. The van der Waals surface area contributed by atoms with Crippen LogP contribution in [-0.4, -0.2) is 56.3 Å². The summed E-state index contributed by atoms with van der Waals surface area (Å²) in [6.07, 6.45) is 1.10. The number of amides is 1. The molecule has 0 radical (unpaired) electrons. The lowest BCUT2D eigenvalue weighted by atomic mass is 9.99. The molecule has 3 heterocycles. The van der Waals surface area contributed by atoms with Crippen LogP contribution in [0.4, 0.5) is 10.5 Å². The minimum absolute atomic E-state index is 0.135. The number of pyridine rings is 1. The Kier molecular flexibility index (Phi) is 6.05. The zero-order chi connectivity index (χ0) is 23.6. The van der Waals surface area contributed by atoms with Gasteiger partial charge in [0.25, 0.3) is 11.6 Å². The molecule has 11 heteroatoms. The van der Waals surface area contributed by atoms with E-state index in [9.17, 15) is 14.9 Å². The van der Waals surface area contributed by atoms with E-state index in [4.69, 9.17) is 9.26 Å². The number of benzene rings is 1. The minimum atomic E-state index is -0.675. The van der Waals surface area contributed by atoms with Crippen LogP contribution in [0.15, 0.2) is 47.1 Å². The number of piperazine rings is 1. The summed E-state index contributed by atoms with van der Waals surface area (Å²) in [5.74, 6) is 0.418. The first kappa shape index (κ1) is 22.3. The third-order valence-corrected chi connectivity index (χ3v) is 5.02. The third-order valence-electron chi connectivity index (χ3n) is 5.02. The van der Waals surface area contributed by atoms with Crippen LogP contribution in [0.3, 0.4) is 0 Å². The first-order chi connectivity index (χ1) is 15.7. The van der Waals surface area contributed by atoms with Crippen LogP contribution >= 0.6 is 0 Å². The quantitative estimate of drug-likeness (QED) is 0.465. The monoisotopic (exact) mass is 452 g/mol. The molecular formula is C22H24N6O5. The number of carbonyl (C=O) groups excluding carboxylic acids is 1. The van der Waals surface area contributed by atoms with Crippen LogP contribution in [0.5, 0.6) is 0 Å². The summed E-state index contributed by atoms with van der Waals surface area (Å²) >= 11 is 0. The van der Waals surface area contributed by atoms with Crippen LogP contribution < -0.4 is 5.32 Å². The molecule has 1 atom stereocenters. The number of nitro groups is 1. The van der Waals surface area contributed by atoms with Gasteiger partial charge in [0.05, 0.1) is 16.5 Å². The molecule has 1 aliphatic heterocycles. The average Bonchev–Trinajstić information content (AvgIpc) is 3.28. The number of aromatic nitrogens is 3. The number of nitrogens with zero attached hydrogens (tertiary/aromatic N) is 5. The minimum Gasteiger partial charge on any atom is -0.444 e. The number of nitro benzene ring substituents is 1. The predicted molar refractivity (Wildman–Crippen MR) is 118 cm³/mol. The van der Waals surface area contributed by atoms with E-state index in [-0.39, 0.29) is 17.4 Å². The van der Waals surface area contributed by atoms with Gasteiger partial charge in [-0.3, -0.25) is 20.0 Å². The number of nitrogens with one attached hydrogen (secondary N) is 1. The standard InChI is InChI=1S/C22H24N6O5/c1-22(2,3)32-21(29)27-11-10-23-13-18(27)15-8-7-14(12-17(15)28(30)31)20-25-19(26-33-20)16-6-4-5-9-24-16/h4-9,12,18,23H,10-11,13H2,1-3H3. The Morgan fingerprint density at radius 2 is 2.12 bits per heavy atom. The number of carbonyl (C=O) groups is 1. The van der Waals surface area contributed by atoms with Crippen molar-refractivity contribution in [1.82, 2.24) is 25.3 Å². The van der Waals surface area contributed by atoms with Gasteiger partial charge in [0.15, 0.2) is 0 Å². The predicted octanol–water partition coefficient (Wildman–Crippen LogP) is 3.59. The lowest BCUT2D eigenvalue weighted by Crippen LogP contribution is -2.50. The Balaban J connectivity index is 1.67. The molecule has 1 aromatic carbocycles. The Labute approximate surface area is 189 Å². The van der Waals surface area contributed by atoms with Crippen LogP contribution in [0.2, 0.25) is 0 Å². The highest BCUT2D eigenvalue weighted by Crippen LogP contribution is 2.34. The number of hydrogen-bond donors (Lipinski definition) is 1. The summed E-state index contributed by atoms with van der Waals surface area (Å²) in [5, 5.41) is 19.1. The van der Waals surface area contributed by atoms with Crippen molar-refractivity contribution in [3.63, 3.8) is 0 Å². The molecule has 11 nitrogen and oxygen atoms in total. The molecule has 0 aliphatic carbocycles. The molecule has 1 amide bonds. The fraction of sp³-hybridized carbons (Fsp3) is 0.364. The molecule has 1 unspecified atom stereocenters. The third kappa shape index (κ3) is 4.98. The van der Waals surface area contributed by atoms with Gasteiger partial charge in [-0.1, -0.05) is 11.2 Å². The summed E-state index contributed by atoms with van der Waals surface area (Å²) in [6.45, 7) is 6.65. The molecule has 2 aromatic heterocycles. The molecule has 1 aliphatic rings. The van der Waals surface area contributed by atoms with E-state index in [2.05, 4.69) is 20.4 Å². The van der Waals surface area contributed by atoms with Gasteiger partial charge >= 0.3 is 6.09 Å². The fourth-order valence-electron chi connectivity index (χ4n) is 3.58. The second kappa shape index (κ2) is 8.94. The zero-order valence-electron chi connectivity index (χ0n) is 18.5. The first-order valence-electron chi connectivity index (χ1n) is 10.5. The highest BCUT2D eigenvalue weighted by Gasteiger charge is 2.35. The molecule has 0 saturated carbocycles. The van der Waals surface area contributed by atoms with Gasteiger partial charge in [-0.15, -0.1) is 0 Å². The van der Waals surface area contributed by atoms with E-state index < -0.39 is 22.7 Å². The van der Waals surface area contributed by atoms with Crippen molar-refractivity contribution < 1.29 is 19.0 Å². The maximum absolute atomic E-state index is 12.8. The average molecular weight is 452 g/mol. The second-order valence-electron chi connectivity index (χ2n) is 8.56. The van der Waals surface area contributed by atoms with Gasteiger partial charge in [0, 0.05) is 37.5 Å². The van der Waals surface area contributed by atoms with E-state index in [0.29, 0.717) is 36.5 Å². The van der Waals surface area contributed by atoms with Crippen LogP contribution in [0.1, 0.15) is 32.4 Å². The van der Waals surface area contributed by atoms with Crippen molar-refractivity contribution in [2.75, 3.05) is 19.6 Å². The maximum Gasteiger partial charge on any atom is 0.410 e. The second-order valence-corrected chi connectivity index (χ2v) is 8.56. The van der Waals surface area contributed by atoms with Gasteiger partial charge in [-0.05, 0) is 45.0 Å². The zero-order valence-corrected chi connectivity index (χ0v) is 18.5. The number of hydrogen-bond acceptors (Lipinski definition) is 9.